The van der Waals surface area contributed by atoms with E-state index in [0.717, 1.165) is 21.5 Å². The minimum atomic E-state index is -0.958. The fourth-order valence-electron chi connectivity index (χ4n) is 2.12. The summed E-state index contributed by atoms with van der Waals surface area (Å²) in [6, 6.07) is 6.69. The van der Waals surface area contributed by atoms with Crippen molar-refractivity contribution in [2.45, 2.75) is 32.2 Å². The second kappa shape index (κ2) is 8.21. The van der Waals surface area contributed by atoms with Crippen molar-refractivity contribution in [3.05, 3.63) is 50.4 Å². The van der Waals surface area contributed by atoms with Gasteiger partial charge in [0.15, 0.2) is 0 Å². The van der Waals surface area contributed by atoms with E-state index in [9.17, 15) is 9.59 Å². The first-order chi connectivity index (χ1) is 11.0. The molecule has 1 atom stereocenters. The lowest BCUT2D eigenvalue weighted by Crippen LogP contribution is -2.31. The molecule has 0 saturated heterocycles. The van der Waals surface area contributed by atoms with Crippen molar-refractivity contribution in [1.82, 2.24) is 10.3 Å². The lowest BCUT2D eigenvalue weighted by Gasteiger charge is -2.17. The van der Waals surface area contributed by atoms with Crippen LogP contribution < -0.4 is 5.32 Å². The quantitative estimate of drug-likeness (QED) is 0.751. The van der Waals surface area contributed by atoms with Gasteiger partial charge in [0.1, 0.15) is 0 Å². The summed E-state index contributed by atoms with van der Waals surface area (Å²) >= 11 is 4.87. The monoisotopic (exact) mass is 396 g/mol. The highest BCUT2D eigenvalue weighted by Gasteiger charge is 2.18. The van der Waals surface area contributed by atoms with Gasteiger partial charge in [0, 0.05) is 9.85 Å². The third kappa shape index (κ3) is 5.44. The summed E-state index contributed by atoms with van der Waals surface area (Å²) in [5.41, 5.74) is 1.48. The van der Waals surface area contributed by atoms with Crippen LogP contribution in [-0.2, 0) is 22.4 Å². The Morgan fingerprint density at radius 1 is 1.35 bits per heavy atom. The van der Waals surface area contributed by atoms with Crippen LogP contribution in [0, 0.1) is 0 Å². The number of halogens is 1. The minimum absolute atomic E-state index is 0.156. The smallest absolute Gasteiger partial charge is 0.305 e. The van der Waals surface area contributed by atoms with E-state index in [-0.39, 0.29) is 18.7 Å². The number of carboxylic acid groups (broad SMARTS) is 1. The number of amides is 1. The maximum absolute atomic E-state index is 12.2. The van der Waals surface area contributed by atoms with Gasteiger partial charge in [0.05, 0.1) is 29.6 Å². The molecule has 1 unspecified atom stereocenters. The van der Waals surface area contributed by atoms with Gasteiger partial charge < -0.3 is 10.4 Å². The Morgan fingerprint density at radius 3 is 2.61 bits per heavy atom. The van der Waals surface area contributed by atoms with Gasteiger partial charge in [0.25, 0.3) is 0 Å². The number of nitrogens with zero attached hydrogens (tertiary/aromatic N) is 1. The normalized spacial score (nSPS) is 11.9. The zero-order valence-electron chi connectivity index (χ0n) is 12.6. The SMILES string of the molecule is CCc1nc(CC(=O)NC(CC(=O)O)c2ccc(Br)cc2)cs1. The molecule has 122 valence electrons. The minimum Gasteiger partial charge on any atom is -0.481 e. The first kappa shape index (κ1) is 17.6. The van der Waals surface area contributed by atoms with E-state index in [1.54, 1.807) is 12.1 Å². The summed E-state index contributed by atoms with van der Waals surface area (Å²) < 4.78 is 0.899. The molecule has 2 rings (SSSR count). The molecule has 0 saturated carbocycles. The Labute approximate surface area is 146 Å². The topological polar surface area (TPSA) is 79.3 Å². The van der Waals surface area contributed by atoms with Gasteiger partial charge in [-0.15, -0.1) is 11.3 Å². The van der Waals surface area contributed by atoms with Gasteiger partial charge in [-0.05, 0) is 24.1 Å². The fraction of sp³-hybridized carbons (Fsp3) is 0.312. The van der Waals surface area contributed by atoms with Crippen LogP contribution in [0.2, 0.25) is 0 Å². The molecule has 2 aromatic rings. The molecule has 0 fully saturated rings. The molecule has 0 bridgehead atoms. The van der Waals surface area contributed by atoms with Crippen LogP contribution in [0.3, 0.4) is 0 Å². The summed E-state index contributed by atoms with van der Waals surface area (Å²) in [7, 11) is 0. The summed E-state index contributed by atoms with van der Waals surface area (Å²) in [4.78, 5) is 27.6. The van der Waals surface area contributed by atoms with Crippen molar-refractivity contribution < 1.29 is 14.7 Å². The average molecular weight is 397 g/mol. The number of aliphatic carboxylic acids is 1. The van der Waals surface area contributed by atoms with E-state index >= 15 is 0 Å². The Kier molecular flexibility index (Phi) is 6.29. The van der Waals surface area contributed by atoms with Crippen LogP contribution in [0.5, 0.6) is 0 Å². The molecular weight excluding hydrogens is 380 g/mol. The molecule has 1 amide bonds. The molecule has 7 heteroatoms. The predicted octanol–water partition coefficient (Wildman–Crippen LogP) is 3.34. The van der Waals surface area contributed by atoms with Crippen LogP contribution in [-0.4, -0.2) is 22.0 Å². The molecule has 0 aliphatic carbocycles. The first-order valence-electron chi connectivity index (χ1n) is 7.17. The largest absolute Gasteiger partial charge is 0.481 e. The molecular formula is C16H17BrN2O3S. The molecule has 1 aromatic heterocycles. The summed E-state index contributed by atoms with van der Waals surface area (Å²) in [5, 5.41) is 14.7. The number of carbonyl (C=O) groups excluding carboxylic acids is 1. The summed E-state index contributed by atoms with van der Waals surface area (Å²) in [5.74, 6) is -1.19. The summed E-state index contributed by atoms with van der Waals surface area (Å²) in [6.45, 7) is 2.01. The Morgan fingerprint density at radius 2 is 2.04 bits per heavy atom. The van der Waals surface area contributed by atoms with Crippen molar-refractivity contribution in [3.63, 3.8) is 0 Å². The number of rotatable bonds is 7. The van der Waals surface area contributed by atoms with E-state index in [1.165, 1.54) is 11.3 Å². The second-order valence-corrected chi connectivity index (χ2v) is 6.89. The van der Waals surface area contributed by atoms with Crippen molar-refractivity contribution in [2.75, 3.05) is 0 Å². The zero-order chi connectivity index (χ0) is 16.8. The lowest BCUT2D eigenvalue weighted by molar-refractivity contribution is -0.137. The molecule has 5 nitrogen and oxygen atoms in total. The number of benzene rings is 1. The number of hydrogen-bond donors (Lipinski definition) is 2. The number of carbonyl (C=O) groups is 2. The molecule has 23 heavy (non-hydrogen) atoms. The maximum Gasteiger partial charge on any atom is 0.305 e. The number of aryl methyl sites for hydroxylation is 1. The van der Waals surface area contributed by atoms with E-state index in [4.69, 9.17) is 5.11 Å². The fourth-order valence-corrected chi connectivity index (χ4v) is 3.13. The predicted molar refractivity (Wildman–Crippen MR) is 92.5 cm³/mol. The number of nitrogens with one attached hydrogen (secondary N) is 1. The number of hydrogen-bond acceptors (Lipinski definition) is 4. The van der Waals surface area contributed by atoms with Crippen molar-refractivity contribution >= 4 is 39.1 Å². The molecule has 0 spiro atoms. The van der Waals surface area contributed by atoms with Crippen LogP contribution >= 0.6 is 27.3 Å². The van der Waals surface area contributed by atoms with E-state index in [2.05, 4.69) is 26.2 Å². The maximum atomic E-state index is 12.2. The highest BCUT2D eigenvalue weighted by Crippen LogP contribution is 2.20. The molecule has 2 N–H and O–H groups in total. The number of thiazole rings is 1. The Balaban J connectivity index is 2.05. The third-order valence-electron chi connectivity index (χ3n) is 3.23. The first-order valence-corrected chi connectivity index (χ1v) is 8.85. The highest BCUT2D eigenvalue weighted by molar-refractivity contribution is 9.10. The van der Waals surface area contributed by atoms with Crippen LogP contribution in [0.25, 0.3) is 0 Å². The van der Waals surface area contributed by atoms with Gasteiger partial charge in [-0.1, -0.05) is 35.0 Å². The molecule has 1 aromatic carbocycles. The van der Waals surface area contributed by atoms with Gasteiger partial charge in [-0.3, -0.25) is 9.59 Å². The third-order valence-corrected chi connectivity index (χ3v) is 4.80. The van der Waals surface area contributed by atoms with Gasteiger partial charge >= 0.3 is 5.97 Å². The standard InChI is InChI=1S/C16H17BrN2O3S/c1-2-15-18-12(9-23-15)7-14(20)19-13(8-16(21)22)10-3-5-11(17)6-4-10/h3-6,9,13H,2,7-8H2,1H3,(H,19,20)(H,21,22). The average Bonchev–Trinajstić information content (AvgIpc) is 2.94. The molecule has 0 radical (unpaired) electrons. The number of aromatic nitrogens is 1. The van der Waals surface area contributed by atoms with Crippen molar-refractivity contribution in [1.29, 1.82) is 0 Å². The van der Waals surface area contributed by atoms with E-state index < -0.39 is 12.0 Å². The molecule has 0 aliphatic heterocycles. The van der Waals surface area contributed by atoms with Crippen LogP contribution in [0.1, 0.15) is 35.7 Å². The molecule has 1 heterocycles. The Bertz CT molecular complexity index is 685. The van der Waals surface area contributed by atoms with Crippen molar-refractivity contribution in [3.8, 4) is 0 Å². The molecule has 0 aliphatic rings. The van der Waals surface area contributed by atoms with E-state index in [0.29, 0.717) is 5.69 Å². The second-order valence-electron chi connectivity index (χ2n) is 5.03. The van der Waals surface area contributed by atoms with Gasteiger partial charge in [-0.2, -0.15) is 0 Å². The zero-order valence-corrected chi connectivity index (χ0v) is 15.0. The van der Waals surface area contributed by atoms with Crippen LogP contribution in [0.15, 0.2) is 34.1 Å². The lowest BCUT2D eigenvalue weighted by atomic mass is 10.0. The van der Waals surface area contributed by atoms with Gasteiger partial charge in [0.2, 0.25) is 5.91 Å². The van der Waals surface area contributed by atoms with E-state index in [1.807, 2.05) is 24.4 Å². The van der Waals surface area contributed by atoms with Crippen molar-refractivity contribution in [2.24, 2.45) is 0 Å². The van der Waals surface area contributed by atoms with Gasteiger partial charge in [-0.25, -0.2) is 4.98 Å². The number of carboxylic acids is 1. The Hall–Kier alpha value is -1.73. The highest BCUT2D eigenvalue weighted by atomic mass is 79.9. The summed E-state index contributed by atoms with van der Waals surface area (Å²) in [6.07, 6.45) is 0.834. The van der Waals surface area contributed by atoms with Crippen LogP contribution in [0.4, 0.5) is 0 Å².